The highest BCUT2D eigenvalue weighted by Gasteiger charge is 2.32. The maximum Gasteiger partial charge on any atom is 0.344 e. The number of nitrogens with two attached hydrogens (primary N) is 3. The van der Waals surface area contributed by atoms with E-state index in [0.29, 0.717) is 50.3 Å². The molecule has 0 unspecified atom stereocenters. The van der Waals surface area contributed by atoms with Gasteiger partial charge in [0, 0.05) is 42.5 Å². The van der Waals surface area contributed by atoms with Gasteiger partial charge < -0.3 is 48.4 Å². The van der Waals surface area contributed by atoms with Crippen molar-refractivity contribution in [3.05, 3.63) is 84.6 Å². The second kappa shape index (κ2) is 25.2. The molecule has 0 spiro atoms. The van der Waals surface area contributed by atoms with Crippen LogP contribution in [-0.4, -0.2) is 95.4 Å². The minimum atomic E-state index is -1.18. The minimum Gasteiger partial charge on any atom is -0.368 e. The number of hydrogen-bond acceptors (Lipinski definition) is 9. The quantitative estimate of drug-likeness (QED) is 0.0110. The third-order valence-corrected chi connectivity index (χ3v) is 9.46. The molecule has 1 heterocycles. The summed E-state index contributed by atoms with van der Waals surface area (Å²) in [6, 6.07) is 12.5. The Morgan fingerprint density at radius 1 is 0.780 bits per heavy atom. The number of primary amides is 1. The van der Waals surface area contributed by atoms with Crippen molar-refractivity contribution in [2.24, 2.45) is 17.3 Å². The Balaban J connectivity index is 1.82. The number of fused-ring (bicyclic) bond motifs is 1. The van der Waals surface area contributed by atoms with E-state index in [9.17, 15) is 28.8 Å². The number of aromatic nitrogens is 1. The Hall–Kier alpha value is -6.22. The van der Waals surface area contributed by atoms with Crippen molar-refractivity contribution in [2.75, 3.05) is 19.6 Å². The Labute approximate surface area is 345 Å². The normalized spacial score (nSPS) is 13.3. The molecule has 17 nitrogen and oxygen atoms in total. The predicted molar refractivity (Wildman–Crippen MR) is 226 cm³/mol. The summed E-state index contributed by atoms with van der Waals surface area (Å²) in [7, 11) is 0. The van der Waals surface area contributed by atoms with Crippen LogP contribution in [0.2, 0.25) is 0 Å². The topological polar surface area (TPSA) is 272 Å². The van der Waals surface area contributed by atoms with Crippen LogP contribution in [0.15, 0.2) is 73.4 Å². The molecule has 0 aliphatic heterocycles. The Morgan fingerprint density at radius 3 is 2.08 bits per heavy atom. The van der Waals surface area contributed by atoms with E-state index in [2.05, 4.69) is 55.4 Å². The van der Waals surface area contributed by atoms with Crippen LogP contribution in [0.25, 0.3) is 10.9 Å². The van der Waals surface area contributed by atoms with Gasteiger partial charge in [-0.1, -0.05) is 60.5 Å². The lowest BCUT2D eigenvalue weighted by Crippen LogP contribution is -2.59. The van der Waals surface area contributed by atoms with Gasteiger partial charge in [0.25, 0.3) is 0 Å². The number of H-pyrrole nitrogens is 1. The van der Waals surface area contributed by atoms with E-state index < -0.39 is 65.8 Å². The van der Waals surface area contributed by atoms with E-state index in [1.807, 2.05) is 30.3 Å². The number of rotatable bonds is 25. The molecular weight excluding hydrogens is 755 g/mol. The molecule has 2 aromatic carbocycles. The van der Waals surface area contributed by atoms with Crippen LogP contribution >= 0.6 is 0 Å². The van der Waals surface area contributed by atoms with E-state index in [4.69, 9.17) is 17.3 Å². The molecule has 3 rings (SSSR count). The van der Waals surface area contributed by atoms with Crippen LogP contribution in [0.3, 0.4) is 0 Å². The highest BCUT2D eigenvalue weighted by atomic mass is 16.2. The molecule has 3 aromatic rings. The molecule has 0 aliphatic rings. The smallest absolute Gasteiger partial charge is 0.344 e. The number of nitrogens with zero attached hydrogens (tertiary/aromatic N) is 1. The number of nitrogens with one attached hydrogen (secondary N) is 7. The standard InChI is InChI=1S/C42H59N11O6/c1-4-22-46-23-14-12-20-34(39(56)51-35(25-29-15-7-6-8-16-29)41(58)49-33(37(44)54)19-11-13-21-43)50-38(55)28(3)48-40(57)36(52-42(59)53(45)24-5-2)26-30-27-47-32-18-10-9-17-31(30)32/h4,6-10,15-18,27-28,33-36,46-47H,1,11-14,19-23,25-26,43,45H2,2-3H3,(H2,44,54)(H,48,57)(H,49,58)(H,50,55)(H,51,56)(H,52,59)/t28-,33-,34-,35+,36+/m0/s1. The first-order chi connectivity index (χ1) is 28.4. The molecule has 13 N–H and O–H groups in total. The van der Waals surface area contributed by atoms with Gasteiger partial charge in [-0.2, -0.15) is 5.01 Å². The molecule has 0 saturated carbocycles. The maximum atomic E-state index is 14.1. The van der Waals surface area contributed by atoms with Gasteiger partial charge in [0.2, 0.25) is 29.5 Å². The first kappa shape index (κ1) is 47.2. The molecular formula is C42H59N11O6. The van der Waals surface area contributed by atoms with E-state index in [-0.39, 0.29) is 25.7 Å². The molecule has 17 heteroatoms. The number of hydrogen-bond donors (Lipinski definition) is 10. The number of carbonyl (C=O) groups excluding carboxylic acids is 6. The fourth-order valence-corrected chi connectivity index (χ4v) is 6.25. The van der Waals surface area contributed by atoms with Gasteiger partial charge in [-0.15, -0.1) is 6.58 Å². The highest BCUT2D eigenvalue weighted by molar-refractivity contribution is 5.96. The highest BCUT2D eigenvalue weighted by Crippen LogP contribution is 2.19. The summed E-state index contributed by atoms with van der Waals surface area (Å²) in [5.74, 6) is 4.92. The fourth-order valence-electron chi connectivity index (χ4n) is 6.25. The number of aromatic amines is 1. The Bertz CT molecular complexity index is 1930. The lowest BCUT2D eigenvalue weighted by atomic mass is 10.0. The van der Waals surface area contributed by atoms with Crippen molar-refractivity contribution < 1.29 is 28.8 Å². The summed E-state index contributed by atoms with van der Waals surface area (Å²) in [6.45, 7) is 8.29. The molecule has 59 heavy (non-hydrogen) atoms. The summed E-state index contributed by atoms with van der Waals surface area (Å²) in [4.78, 5) is 83.6. The van der Waals surface area contributed by atoms with Crippen LogP contribution in [0.4, 0.5) is 4.79 Å². The predicted octanol–water partition coefficient (Wildman–Crippen LogP) is 0.707. The van der Waals surface area contributed by atoms with Gasteiger partial charge in [-0.3, -0.25) is 24.0 Å². The van der Waals surface area contributed by atoms with Gasteiger partial charge in [0.1, 0.15) is 30.2 Å². The maximum absolute atomic E-state index is 14.1. The largest absolute Gasteiger partial charge is 0.368 e. The number of amides is 7. The van der Waals surface area contributed by atoms with Gasteiger partial charge in [0.15, 0.2) is 0 Å². The molecule has 1 aromatic heterocycles. The van der Waals surface area contributed by atoms with Crippen molar-refractivity contribution >= 4 is 46.5 Å². The van der Waals surface area contributed by atoms with E-state index >= 15 is 0 Å². The summed E-state index contributed by atoms with van der Waals surface area (Å²) >= 11 is 0. The Morgan fingerprint density at radius 2 is 1.39 bits per heavy atom. The summed E-state index contributed by atoms with van der Waals surface area (Å²) in [6.07, 6.45) is 6.42. The number of unbranched alkanes of at least 4 members (excludes halogenated alkanes) is 2. The molecule has 5 atom stereocenters. The van der Waals surface area contributed by atoms with E-state index in [1.54, 1.807) is 36.5 Å². The average molecular weight is 814 g/mol. The van der Waals surface area contributed by atoms with Gasteiger partial charge in [-0.05, 0) is 82.7 Å². The molecule has 0 saturated heterocycles. The van der Waals surface area contributed by atoms with Gasteiger partial charge >= 0.3 is 6.03 Å². The summed E-state index contributed by atoms with van der Waals surface area (Å²) < 4.78 is 0. The first-order valence-corrected chi connectivity index (χ1v) is 19.8. The van der Waals surface area contributed by atoms with Crippen molar-refractivity contribution in [2.45, 2.75) is 95.4 Å². The van der Waals surface area contributed by atoms with Gasteiger partial charge in [0.05, 0.1) is 0 Å². The molecule has 7 amide bonds. The zero-order chi connectivity index (χ0) is 43.2. The van der Waals surface area contributed by atoms with E-state index in [0.717, 1.165) is 22.0 Å². The van der Waals surface area contributed by atoms with Crippen LogP contribution < -0.4 is 49.2 Å². The minimum absolute atomic E-state index is 0.0444. The number of para-hydroxylation sites is 1. The Kier molecular flexibility index (Phi) is 20.1. The van der Waals surface area contributed by atoms with Crippen molar-refractivity contribution in [1.29, 1.82) is 0 Å². The van der Waals surface area contributed by atoms with Crippen molar-refractivity contribution in [3.63, 3.8) is 0 Å². The molecule has 0 bridgehead atoms. The monoisotopic (exact) mass is 813 g/mol. The number of benzene rings is 2. The van der Waals surface area contributed by atoms with Crippen LogP contribution in [0, 0.1) is 12.0 Å². The van der Waals surface area contributed by atoms with E-state index in [1.165, 1.54) is 13.8 Å². The van der Waals surface area contributed by atoms with Crippen molar-refractivity contribution in [3.8, 4) is 12.0 Å². The van der Waals surface area contributed by atoms with Crippen LogP contribution in [0.5, 0.6) is 0 Å². The SMILES string of the molecule is C=CCNCCCC[C@H](NC(=O)[C@H](C)NC(=O)[C@@H](Cc1c[nH]c2ccccc12)NC(=O)N(N)C#CC)C(=O)N[C@H](Cc1ccccc1)C(=O)N[C@@H](CCCCN)C(N)=O. The fraction of sp³-hybridized carbons (Fsp3) is 0.429. The zero-order valence-corrected chi connectivity index (χ0v) is 33.9. The lowest BCUT2D eigenvalue weighted by molar-refractivity contribution is -0.134. The summed E-state index contributed by atoms with van der Waals surface area (Å²) in [5, 5.41) is 18.2. The van der Waals surface area contributed by atoms with Crippen molar-refractivity contribution in [1.82, 2.24) is 41.9 Å². The molecule has 318 valence electrons. The number of carbonyl (C=O) groups is 6. The molecule has 0 aliphatic carbocycles. The third kappa shape index (κ3) is 15.9. The third-order valence-electron chi connectivity index (χ3n) is 9.46. The van der Waals surface area contributed by atoms with Gasteiger partial charge in [-0.25, -0.2) is 10.6 Å². The summed E-state index contributed by atoms with van der Waals surface area (Å²) in [5.41, 5.74) is 13.5. The second-order valence-electron chi connectivity index (χ2n) is 14.1. The molecule has 0 radical (unpaired) electrons. The zero-order valence-electron chi connectivity index (χ0n) is 33.9. The number of urea groups is 1. The second-order valence-corrected chi connectivity index (χ2v) is 14.1. The number of hydrazine groups is 1. The van der Waals surface area contributed by atoms with Crippen LogP contribution in [-0.2, 0) is 36.8 Å². The average Bonchev–Trinajstić information content (AvgIpc) is 3.63. The molecule has 0 fully saturated rings. The van der Waals surface area contributed by atoms with Crippen LogP contribution in [0.1, 0.15) is 63.5 Å². The lowest BCUT2D eigenvalue weighted by Gasteiger charge is -2.26. The first-order valence-electron chi connectivity index (χ1n) is 19.8.